The Kier molecular flexibility index (Phi) is 6.98. The molecule has 0 fully saturated rings. The predicted molar refractivity (Wildman–Crippen MR) is 244 cm³/mol. The van der Waals surface area contributed by atoms with E-state index >= 15 is 0 Å². The monoisotopic (exact) mass is 745 g/mol. The summed E-state index contributed by atoms with van der Waals surface area (Å²) in [6.45, 7) is 12.0. The minimum atomic E-state index is -0.0503. The molecule has 1 aromatic heterocycles. The normalized spacial score (nSPS) is 19.1. The first-order valence-corrected chi connectivity index (χ1v) is 21.3. The van der Waals surface area contributed by atoms with Crippen molar-refractivity contribution in [1.82, 2.24) is 4.57 Å². The Morgan fingerprint density at radius 2 is 1.14 bits per heavy atom. The van der Waals surface area contributed by atoms with E-state index in [2.05, 4.69) is 197 Å². The van der Waals surface area contributed by atoms with E-state index in [4.69, 9.17) is 0 Å². The van der Waals surface area contributed by atoms with Gasteiger partial charge in [-0.25, -0.2) is 0 Å². The number of nitrogens with zero attached hydrogens (tertiary/aromatic N) is 1. The number of benzene rings is 7. The van der Waals surface area contributed by atoms with Gasteiger partial charge in [-0.05, 0) is 133 Å². The second kappa shape index (κ2) is 11.9. The Labute approximate surface area is 342 Å². The molecule has 1 heteroatoms. The summed E-state index contributed by atoms with van der Waals surface area (Å²) in [4.78, 5) is 0. The van der Waals surface area contributed by atoms with Crippen molar-refractivity contribution in [3.05, 3.63) is 202 Å². The molecule has 1 heterocycles. The average molecular weight is 746 g/mol. The molecule has 280 valence electrons. The maximum absolute atomic E-state index is 2.56. The zero-order valence-corrected chi connectivity index (χ0v) is 34.0. The molecule has 2 unspecified atom stereocenters. The van der Waals surface area contributed by atoms with Crippen molar-refractivity contribution < 1.29 is 0 Å². The number of para-hydroxylation sites is 1. The third-order valence-corrected chi connectivity index (χ3v) is 14.7. The van der Waals surface area contributed by atoms with Crippen molar-refractivity contribution in [1.29, 1.82) is 0 Å². The quantitative estimate of drug-likeness (QED) is 0.170. The smallest absolute Gasteiger partial charge is 0.0541 e. The van der Waals surface area contributed by atoms with Gasteiger partial charge in [-0.1, -0.05) is 162 Å². The Morgan fingerprint density at radius 3 is 1.91 bits per heavy atom. The molecular weight excluding hydrogens is 699 g/mol. The van der Waals surface area contributed by atoms with Gasteiger partial charge in [-0.2, -0.15) is 0 Å². The molecule has 0 amide bonds. The number of aromatic nitrogens is 1. The maximum Gasteiger partial charge on any atom is 0.0541 e. The summed E-state index contributed by atoms with van der Waals surface area (Å²) < 4.78 is 2.48. The van der Waals surface area contributed by atoms with Crippen LogP contribution in [0.15, 0.2) is 163 Å². The first-order chi connectivity index (χ1) is 28.2. The fourth-order valence-electron chi connectivity index (χ4n) is 11.8. The molecule has 1 nitrogen and oxygen atoms in total. The molecule has 2 atom stereocenters. The molecule has 4 aliphatic carbocycles. The molecule has 7 aromatic carbocycles. The van der Waals surface area contributed by atoms with Gasteiger partial charge in [0, 0.05) is 33.2 Å². The van der Waals surface area contributed by atoms with Crippen LogP contribution in [0.4, 0.5) is 0 Å². The predicted octanol–water partition coefficient (Wildman–Crippen LogP) is 15.1. The Morgan fingerprint density at radius 1 is 0.517 bits per heavy atom. The van der Waals surface area contributed by atoms with Crippen molar-refractivity contribution in [2.75, 3.05) is 0 Å². The maximum atomic E-state index is 2.56. The van der Waals surface area contributed by atoms with Gasteiger partial charge in [0.15, 0.2) is 0 Å². The molecule has 0 aliphatic heterocycles. The van der Waals surface area contributed by atoms with E-state index in [0.29, 0.717) is 11.8 Å². The van der Waals surface area contributed by atoms with E-state index in [1.54, 1.807) is 5.57 Å². The molecule has 0 saturated heterocycles. The summed E-state index contributed by atoms with van der Waals surface area (Å²) >= 11 is 0. The van der Waals surface area contributed by atoms with Crippen LogP contribution in [0.3, 0.4) is 0 Å². The van der Waals surface area contributed by atoms with Crippen LogP contribution in [0.5, 0.6) is 0 Å². The van der Waals surface area contributed by atoms with Gasteiger partial charge in [0.25, 0.3) is 0 Å². The lowest BCUT2D eigenvalue weighted by Gasteiger charge is -2.37. The molecule has 8 aromatic rings. The summed E-state index contributed by atoms with van der Waals surface area (Å²) in [5.41, 5.74) is 24.8. The summed E-state index contributed by atoms with van der Waals surface area (Å²) in [6, 6.07) is 55.8. The Hall–Kier alpha value is -6.18. The van der Waals surface area contributed by atoms with E-state index in [9.17, 15) is 0 Å². The van der Waals surface area contributed by atoms with Crippen molar-refractivity contribution in [3.8, 4) is 39.1 Å². The zero-order valence-electron chi connectivity index (χ0n) is 34.0. The standard InChI is InChI=1S/C57H47N/c1-34-39-26-22-35(30-47(39)40-14-6-7-18-46(40)55(34)37-23-27-43-41-15-8-11-19-49(41)56(2,3)51(43)32-37)36-24-29-54-48(31-36)45-17-10-13-21-53(45)58(54)38-25-28-44-42-16-9-12-20-50(42)57(4,5)52(44)33-38/h6,8-17,19-34,55H,7,18H2,1-5H3. The summed E-state index contributed by atoms with van der Waals surface area (Å²) in [5, 5.41) is 2.58. The topological polar surface area (TPSA) is 4.93 Å². The largest absolute Gasteiger partial charge is 0.309 e. The third-order valence-electron chi connectivity index (χ3n) is 14.7. The zero-order chi connectivity index (χ0) is 39.1. The third kappa shape index (κ3) is 4.53. The minimum absolute atomic E-state index is 0.00559. The molecule has 58 heavy (non-hydrogen) atoms. The van der Waals surface area contributed by atoms with E-state index in [1.807, 2.05) is 0 Å². The average Bonchev–Trinajstić information content (AvgIpc) is 3.80. The van der Waals surface area contributed by atoms with E-state index in [0.717, 1.165) is 12.8 Å². The van der Waals surface area contributed by atoms with Crippen molar-refractivity contribution in [3.63, 3.8) is 0 Å². The molecule has 0 radical (unpaired) electrons. The molecule has 0 saturated carbocycles. The fourth-order valence-corrected chi connectivity index (χ4v) is 11.8. The van der Waals surface area contributed by atoms with Gasteiger partial charge in [-0.3, -0.25) is 0 Å². The lowest BCUT2D eigenvalue weighted by molar-refractivity contribution is 0.606. The Balaban J connectivity index is 0.955. The number of hydrogen-bond donors (Lipinski definition) is 0. The first-order valence-electron chi connectivity index (χ1n) is 21.3. The van der Waals surface area contributed by atoms with Crippen LogP contribution in [0.2, 0.25) is 0 Å². The second-order valence-electron chi connectivity index (χ2n) is 18.4. The van der Waals surface area contributed by atoms with Crippen molar-refractivity contribution in [2.45, 2.75) is 70.1 Å². The number of fused-ring (bicyclic) bond motifs is 11. The number of allylic oxidation sites excluding steroid dienone is 4. The van der Waals surface area contributed by atoms with Gasteiger partial charge in [0.2, 0.25) is 0 Å². The second-order valence-corrected chi connectivity index (χ2v) is 18.4. The summed E-state index contributed by atoms with van der Waals surface area (Å²) in [6.07, 6.45) is 7.04. The Bertz CT molecular complexity index is 3140. The lowest BCUT2D eigenvalue weighted by Crippen LogP contribution is -2.21. The van der Waals surface area contributed by atoms with Gasteiger partial charge >= 0.3 is 0 Å². The van der Waals surface area contributed by atoms with E-state index in [-0.39, 0.29) is 10.8 Å². The first kappa shape index (κ1) is 33.9. The van der Waals surface area contributed by atoms with Crippen molar-refractivity contribution in [2.24, 2.45) is 0 Å². The summed E-state index contributed by atoms with van der Waals surface area (Å²) in [7, 11) is 0. The van der Waals surface area contributed by atoms with E-state index in [1.165, 1.54) is 105 Å². The van der Waals surface area contributed by atoms with Crippen LogP contribution < -0.4 is 0 Å². The molecule has 0 bridgehead atoms. The van der Waals surface area contributed by atoms with Gasteiger partial charge < -0.3 is 4.57 Å². The van der Waals surface area contributed by atoms with Crippen LogP contribution in [0.1, 0.15) is 98.2 Å². The molecule has 0 N–H and O–H groups in total. The molecular formula is C57H47N. The number of hydrogen-bond acceptors (Lipinski definition) is 0. The van der Waals surface area contributed by atoms with Crippen LogP contribution >= 0.6 is 0 Å². The van der Waals surface area contributed by atoms with Crippen LogP contribution in [0.25, 0.3) is 66.4 Å². The molecule has 12 rings (SSSR count). The highest BCUT2D eigenvalue weighted by Crippen LogP contribution is 2.55. The van der Waals surface area contributed by atoms with Crippen LogP contribution in [-0.2, 0) is 10.8 Å². The van der Waals surface area contributed by atoms with Gasteiger partial charge in [-0.15, -0.1) is 0 Å². The molecule has 0 spiro atoms. The lowest BCUT2D eigenvalue weighted by atomic mass is 9.66. The van der Waals surface area contributed by atoms with Gasteiger partial charge in [0.05, 0.1) is 11.0 Å². The highest BCUT2D eigenvalue weighted by atomic mass is 15.0. The highest BCUT2D eigenvalue weighted by molar-refractivity contribution is 6.10. The van der Waals surface area contributed by atoms with E-state index < -0.39 is 0 Å². The SMILES string of the molecule is CC1c2ccc(-c3ccc4c(c3)c3ccccc3n4-c3ccc4c(c3)C(C)(C)c3ccccc3-4)cc2C2=C(CCC=C2)C1c1ccc2c(c1)C(C)(C)c1ccccc1-2. The highest BCUT2D eigenvalue weighted by Gasteiger charge is 2.39. The summed E-state index contributed by atoms with van der Waals surface area (Å²) in [5.74, 6) is 0.745. The number of rotatable bonds is 3. The fraction of sp³-hybridized carbons (Fsp3) is 0.193. The van der Waals surface area contributed by atoms with Crippen LogP contribution in [-0.4, -0.2) is 4.57 Å². The minimum Gasteiger partial charge on any atom is -0.309 e. The van der Waals surface area contributed by atoms with Crippen LogP contribution in [0, 0.1) is 0 Å². The molecule has 4 aliphatic rings. The van der Waals surface area contributed by atoms with Gasteiger partial charge in [0.1, 0.15) is 0 Å². The van der Waals surface area contributed by atoms with Crippen molar-refractivity contribution >= 4 is 27.4 Å².